The molecule has 1 aromatic heterocycles. The standard InChI is InChI=1S/C15H23BN2O2/c1-14(2)15(3,4)20-16(19-14)12-5-6-13(18-10-12)11-7-8-17-9-11/h5-6,10-11,17H,7-9H2,1-4H3. The SMILES string of the molecule is CC1(C)OB(c2ccc(C3CCNC3)nc2)OC1(C)C. The Hall–Kier alpha value is -0.905. The molecule has 1 unspecified atom stereocenters. The highest BCUT2D eigenvalue weighted by atomic mass is 16.7. The number of pyridine rings is 1. The molecule has 0 spiro atoms. The maximum atomic E-state index is 6.04. The van der Waals surface area contributed by atoms with Crippen molar-refractivity contribution in [3.63, 3.8) is 0 Å². The van der Waals surface area contributed by atoms with Gasteiger partial charge in [0.1, 0.15) is 0 Å². The van der Waals surface area contributed by atoms with Crippen LogP contribution in [-0.2, 0) is 9.31 Å². The van der Waals surface area contributed by atoms with Crippen LogP contribution in [0.1, 0.15) is 45.7 Å². The van der Waals surface area contributed by atoms with E-state index in [1.54, 1.807) is 0 Å². The summed E-state index contributed by atoms with van der Waals surface area (Å²) in [5.41, 5.74) is 1.56. The topological polar surface area (TPSA) is 43.4 Å². The van der Waals surface area contributed by atoms with Crippen LogP contribution < -0.4 is 10.8 Å². The van der Waals surface area contributed by atoms with Gasteiger partial charge in [-0.1, -0.05) is 6.07 Å². The third-order valence-corrected chi connectivity index (χ3v) is 4.81. The van der Waals surface area contributed by atoms with Crippen molar-refractivity contribution >= 4 is 12.6 Å². The first-order valence-electron chi connectivity index (χ1n) is 7.41. The van der Waals surface area contributed by atoms with E-state index < -0.39 is 0 Å². The van der Waals surface area contributed by atoms with E-state index in [1.807, 2.05) is 6.20 Å². The Kier molecular flexibility index (Phi) is 3.39. The predicted molar refractivity (Wildman–Crippen MR) is 80.2 cm³/mol. The zero-order valence-electron chi connectivity index (χ0n) is 12.8. The first kappa shape index (κ1) is 14.0. The van der Waals surface area contributed by atoms with Crippen LogP contribution in [0, 0.1) is 0 Å². The van der Waals surface area contributed by atoms with Crippen molar-refractivity contribution in [3.8, 4) is 0 Å². The molecule has 1 atom stereocenters. The van der Waals surface area contributed by atoms with E-state index >= 15 is 0 Å². The summed E-state index contributed by atoms with van der Waals surface area (Å²) in [5.74, 6) is 0.544. The molecule has 0 bridgehead atoms. The van der Waals surface area contributed by atoms with Gasteiger partial charge in [-0.25, -0.2) is 0 Å². The Bertz CT molecular complexity index is 465. The Labute approximate surface area is 121 Å². The zero-order valence-corrected chi connectivity index (χ0v) is 12.8. The van der Waals surface area contributed by atoms with Crippen molar-refractivity contribution in [2.24, 2.45) is 0 Å². The molecule has 1 N–H and O–H groups in total. The summed E-state index contributed by atoms with van der Waals surface area (Å²) in [4.78, 5) is 4.60. The highest BCUT2D eigenvalue weighted by molar-refractivity contribution is 6.62. The van der Waals surface area contributed by atoms with Crippen molar-refractivity contribution in [1.82, 2.24) is 10.3 Å². The van der Waals surface area contributed by atoms with Crippen LogP contribution in [-0.4, -0.2) is 36.4 Å². The molecule has 0 amide bonds. The third kappa shape index (κ3) is 2.38. The van der Waals surface area contributed by atoms with Crippen LogP contribution in [0.5, 0.6) is 0 Å². The van der Waals surface area contributed by atoms with E-state index in [2.05, 4.69) is 50.1 Å². The lowest BCUT2D eigenvalue weighted by atomic mass is 9.80. The highest BCUT2D eigenvalue weighted by Crippen LogP contribution is 2.36. The van der Waals surface area contributed by atoms with Gasteiger partial charge in [0.05, 0.1) is 11.2 Å². The van der Waals surface area contributed by atoms with Crippen molar-refractivity contribution < 1.29 is 9.31 Å². The summed E-state index contributed by atoms with van der Waals surface area (Å²) in [5, 5.41) is 3.37. The smallest absolute Gasteiger partial charge is 0.399 e. The predicted octanol–water partition coefficient (Wildman–Crippen LogP) is 1.46. The Morgan fingerprint density at radius 1 is 1.20 bits per heavy atom. The second-order valence-corrected chi connectivity index (χ2v) is 6.79. The summed E-state index contributed by atoms with van der Waals surface area (Å²) in [6.45, 7) is 10.4. The second kappa shape index (κ2) is 4.83. The van der Waals surface area contributed by atoms with Gasteiger partial charge in [0.2, 0.25) is 0 Å². The molecule has 0 saturated carbocycles. The van der Waals surface area contributed by atoms with Gasteiger partial charge in [0.25, 0.3) is 0 Å². The highest BCUT2D eigenvalue weighted by Gasteiger charge is 2.51. The lowest BCUT2D eigenvalue weighted by Crippen LogP contribution is -2.41. The van der Waals surface area contributed by atoms with Gasteiger partial charge >= 0.3 is 7.12 Å². The van der Waals surface area contributed by atoms with Crippen LogP contribution in [0.4, 0.5) is 0 Å². The number of aromatic nitrogens is 1. The average Bonchev–Trinajstić information content (AvgIpc) is 2.97. The first-order chi connectivity index (χ1) is 9.39. The van der Waals surface area contributed by atoms with Gasteiger partial charge in [-0.3, -0.25) is 4.98 Å². The molecule has 2 aliphatic rings. The lowest BCUT2D eigenvalue weighted by Gasteiger charge is -2.32. The lowest BCUT2D eigenvalue weighted by molar-refractivity contribution is 0.00578. The minimum atomic E-state index is -0.316. The van der Waals surface area contributed by atoms with Gasteiger partial charge in [-0.2, -0.15) is 0 Å². The summed E-state index contributed by atoms with van der Waals surface area (Å²) >= 11 is 0. The molecule has 2 aliphatic heterocycles. The van der Waals surface area contributed by atoms with Gasteiger partial charge in [-0.15, -0.1) is 0 Å². The third-order valence-electron chi connectivity index (χ3n) is 4.81. The average molecular weight is 274 g/mol. The maximum absolute atomic E-state index is 6.04. The normalized spacial score (nSPS) is 28.0. The monoisotopic (exact) mass is 274 g/mol. The first-order valence-corrected chi connectivity index (χ1v) is 7.41. The van der Waals surface area contributed by atoms with Gasteiger partial charge in [0, 0.05) is 29.8 Å². The molecule has 2 saturated heterocycles. The van der Waals surface area contributed by atoms with Crippen LogP contribution in [0.3, 0.4) is 0 Å². The van der Waals surface area contributed by atoms with Gasteiger partial charge in [0.15, 0.2) is 0 Å². The van der Waals surface area contributed by atoms with E-state index in [0.29, 0.717) is 5.92 Å². The van der Waals surface area contributed by atoms with Crippen LogP contribution in [0.2, 0.25) is 0 Å². The minimum Gasteiger partial charge on any atom is -0.399 e. The largest absolute Gasteiger partial charge is 0.496 e. The number of hydrogen-bond acceptors (Lipinski definition) is 4. The Balaban J connectivity index is 1.75. The molecule has 0 aromatic carbocycles. The molecule has 20 heavy (non-hydrogen) atoms. The second-order valence-electron chi connectivity index (χ2n) is 6.79. The summed E-state index contributed by atoms with van der Waals surface area (Å²) in [7, 11) is -0.316. The molecule has 3 heterocycles. The number of nitrogens with one attached hydrogen (secondary N) is 1. The zero-order chi connectivity index (χ0) is 14.4. The molecular formula is C15H23BN2O2. The summed E-state index contributed by atoms with van der Waals surface area (Å²) in [6, 6.07) is 4.20. The van der Waals surface area contributed by atoms with E-state index in [1.165, 1.54) is 6.42 Å². The molecular weight excluding hydrogens is 251 g/mol. The Morgan fingerprint density at radius 2 is 1.90 bits per heavy atom. The van der Waals surface area contributed by atoms with Crippen molar-refractivity contribution in [2.75, 3.05) is 13.1 Å². The van der Waals surface area contributed by atoms with Crippen molar-refractivity contribution in [1.29, 1.82) is 0 Å². The minimum absolute atomic E-state index is 0.300. The Morgan fingerprint density at radius 3 is 2.40 bits per heavy atom. The van der Waals surface area contributed by atoms with Crippen molar-refractivity contribution in [3.05, 3.63) is 24.0 Å². The summed E-state index contributed by atoms with van der Waals surface area (Å²) < 4.78 is 12.1. The van der Waals surface area contributed by atoms with Gasteiger partial charge < -0.3 is 14.6 Å². The van der Waals surface area contributed by atoms with Crippen LogP contribution in [0.15, 0.2) is 18.3 Å². The van der Waals surface area contributed by atoms with Crippen molar-refractivity contribution in [2.45, 2.75) is 51.2 Å². The molecule has 3 rings (SSSR count). The maximum Gasteiger partial charge on any atom is 0.496 e. The molecule has 0 radical (unpaired) electrons. The van der Waals surface area contributed by atoms with E-state index in [4.69, 9.17) is 9.31 Å². The quantitative estimate of drug-likeness (QED) is 0.829. The molecule has 0 aliphatic carbocycles. The van der Waals surface area contributed by atoms with Gasteiger partial charge in [-0.05, 0) is 46.7 Å². The molecule has 5 heteroatoms. The number of hydrogen-bond donors (Lipinski definition) is 1. The van der Waals surface area contributed by atoms with Crippen LogP contribution >= 0.6 is 0 Å². The number of rotatable bonds is 2. The molecule has 108 valence electrons. The molecule has 1 aromatic rings. The molecule has 4 nitrogen and oxygen atoms in total. The fourth-order valence-corrected chi connectivity index (χ4v) is 2.68. The summed E-state index contributed by atoms with van der Waals surface area (Å²) in [6.07, 6.45) is 3.07. The molecule has 2 fully saturated rings. The fraction of sp³-hybridized carbons (Fsp3) is 0.667. The fourth-order valence-electron chi connectivity index (χ4n) is 2.68. The van der Waals surface area contributed by atoms with Crippen LogP contribution in [0.25, 0.3) is 0 Å². The van der Waals surface area contributed by atoms with E-state index in [-0.39, 0.29) is 18.3 Å². The van der Waals surface area contributed by atoms with E-state index in [0.717, 1.165) is 24.2 Å². The van der Waals surface area contributed by atoms with E-state index in [9.17, 15) is 0 Å². The number of nitrogens with zero attached hydrogens (tertiary/aromatic N) is 1.